The van der Waals surface area contributed by atoms with Crippen molar-refractivity contribution in [2.45, 2.75) is 408 Å². The van der Waals surface area contributed by atoms with Gasteiger partial charge in [0.05, 0.1) is 26.4 Å². The molecule has 0 aliphatic heterocycles. The summed E-state index contributed by atoms with van der Waals surface area (Å²) >= 11 is 0. The lowest BCUT2D eigenvalue weighted by Crippen LogP contribution is -2.30. The molecule has 0 saturated heterocycles. The molecule has 0 aromatic carbocycles. The van der Waals surface area contributed by atoms with E-state index in [2.05, 4.69) is 55.4 Å². The van der Waals surface area contributed by atoms with E-state index in [1.54, 1.807) is 0 Å². The summed E-state index contributed by atoms with van der Waals surface area (Å²) in [6, 6.07) is 0. The fourth-order valence-electron chi connectivity index (χ4n) is 11.7. The Hall–Kier alpha value is -1.94. The Morgan fingerprint density at radius 2 is 0.438 bits per heavy atom. The first-order valence-electron chi connectivity index (χ1n) is 39.7. The van der Waals surface area contributed by atoms with Crippen LogP contribution in [0.3, 0.4) is 0 Å². The molecule has 0 aromatic rings. The lowest BCUT2D eigenvalue weighted by atomic mass is 10.0. The number of carbonyl (C=O) groups is 4. The van der Waals surface area contributed by atoms with Crippen molar-refractivity contribution >= 4 is 39.5 Å². The van der Waals surface area contributed by atoms with Crippen LogP contribution in [0, 0.1) is 23.7 Å². The molecule has 3 unspecified atom stereocenters. The Balaban J connectivity index is 5.19. The van der Waals surface area contributed by atoms with E-state index in [1.165, 1.54) is 186 Å². The van der Waals surface area contributed by atoms with Crippen molar-refractivity contribution in [3.05, 3.63) is 0 Å². The number of carbonyl (C=O) groups excluding carboxylic acids is 4. The molecule has 5 atom stereocenters. The summed E-state index contributed by atoms with van der Waals surface area (Å²) < 4.78 is 68.5. The van der Waals surface area contributed by atoms with E-state index in [9.17, 15) is 43.2 Å². The minimum Gasteiger partial charge on any atom is -0.462 e. The minimum absolute atomic E-state index is 0.101. The number of rotatable bonds is 74. The zero-order valence-corrected chi connectivity index (χ0v) is 64.8. The van der Waals surface area contributed by atoms with Crippen molar-refractivity contribution in [3.63, 3.8) is 0 Å². The summed E-state index contributed by atoms with van der Waals surface area (Å²) in [5.41, 5.74) is 0. The highest BCUT2D eigenvalue weighted by Gasteiger charge is 2.30. The Morgan fingerprint density at radius 1 is 0.260 bits per heavy atom. The number of esters is 4. The van der Waals surface area contributed by atoms with E-state index in [0.717, 1.165) is 108 Å². The fraction of sp³-hybridized carbons (Fsp3) is 0.948. The van der Waals surface area contributed by atoms with Crippen molar-refractivity contribution in [2.75, 3.05) is 39.6 Å². The summed E-state index contributed by atoms with van der Waals surface area (Å²) in [5.74, 6) is 0.860. The number of hydrogen-bond acceptors (Lipinski definition) is 15. The smallest absolute Gasteiger partial charge is 0.462 e. The van der Waals surface area contributed by atoms with Gasteiger partial charge in [-0.15, -0.1) is 0 Å². The maximum Gasteiger partial charge on any atom is 0.472 e. The van der Waals surface area contributed by atoms with Crippen molar-refractivity contribution in [2.24, 2.45) is 23.7 Å². The second-order valence-electron chi connectivity index (χ2n) is 29.7. The zero-order valence-electron chi connectivity index (χ0n) is 63.0. The van der Waals surface area contributed by atoms with Gasteiger partial charge >= 0.3 is 39.5 Å². The monoisotopic (exact) mass is 1410 g/mol. The maximum absolute atomic E-state index is 13.1. The summed E-state index contributed by atoms with van der Waals surface area (Å²) in [5, 5.41) is 10.6. The highest BCUT2D eigenvalue weighted by atomic mass is 31.2. The van der Waals surface area contributed by atoms with E-state index < -0.39 is 97.5 Å². The summed E-state index contributed by atoms with van der Waals surface area (Å²) in [7, 11) is -9.91. The van der Waals surface area contributed by atoms with Gasteiger partial charge in [-0.25, -0.2) is 9.13 Å². The van der Waals surface area contributed by atoms with Crippen LogP contribution in [-0.2, 0) is 65.4 Å². The molecule has 0 aromatic heterocycles. The third-order valence-corrected chi connectivity index (χ3v) is 19.7. The number of aliphatic hydroxyl groups is 1. The normalized spacial score (nSPS) is 14.1. The molecular weight excluding hydrogens is 1260 g/mol. The van der Waals surface area contributed by atoms with Gasteiger partial charge in [-0.05, 0) is 49.4 Å². The summed E-state index contributed by atoms with van der Waals surface area (Å²) in [6.07, 6.45) is 51.8. The highest BCUT2D eigenvalue weighted by Crippen LogP contribution is 2.45. The van der Waals surface area contributed by atoms with E-state index >= 15 is 0 Å². The highest BCUT2D eigenvalue weighted by molar-refractivity contribution is 7.47. The number of phosphoric ester groups is 2. The molecule has 0 aliphatic carbocycles. The molecule has 570 valence electrons. The third kappa shape index (κ3) is 70.5. The van der Waals surface area contributed by atoms with E-state index in [-0.39, 0.29) is 25.7 Å². The molecular formula is C77H150O17P2. The van der Waals surface area contributed by atoms with Crippen LogP contribution < -0.4 is 0 Å². The summed E-state index contributed by atoms with van der Waals surface area (Å²) in [4.78, 5) is 72.7. The molecule has 3 N–H and O–H groups in total. The van der Waals surface area contributed by atoms with Gasteiger partial charge in [-0.2, -0.15) is 0 Å². The first kappa shape index (κ1) is 94.1. The van der Waals surface area contributed by atoms with Crippen LogP contribution >= 0.6 is 15.6 Å². The molecule has 0 heterocycles. The average Bonchev–Trinajstić information content (AvgIpc) is 1.51. The van der Waals surface area contributed by atoms with Crippen LogP contribution in [0.25, 0.3) is 0 Å². The molecule has 0 aliphatic rings. The van der Waals surface area contributed by atoms with E-state index in [1.807, 2.05) is 0 Å². The van der Waals surface area contributed by atoms with Gasteiger partial charge in [0.1, 0.15) is 19.3 Å². The number of hydrogen-bond donors (Lipinski definition) is 3. The molecule has 0 fully saturated rings. The van der Waals surface area contributed by atoms with Gasteiger partial charge in [0.15, 0.2) is 12.2 Å². The van der Waals surface area contributed by atoms with E-state index in [0.29, 0.717) is 37.5 Å². The molecule has 0 radical (unpaired) electrons. The van der Waals surface area contributed by atoms with E-state index in [4.69, 9.17) is 37.0 Å². The summed E-state index contributed by atoms with van der Waals surface area (Å²) in [6.45, 7) is 14.1. The maximum atomic E-state index is 13.1. The van der Waals surface area contributed by atoms with Gasteiger partial charge in [-0.1, -0.05) is 338 Å². The predicted octanol–water partition coefficient (Wildman–Crippen LogP) is 22.4. The Morgan fingerprint density at radius 3 is 0.646 bits per heavy atom. The number of ether oxygens (including phenoxy) is 4. The molecule has 0 spiro atoms. The minimum atomic E-state index is -4.96. The molecule has 0 saturated carbocycles. The van der Waals surface area contributed by atoms with Gasteiger partial charge < -0.3 is 33.8 Å². The second kappa shape index (κ2) is 66.3. The lowest BCUT2D eigenvalue weighted by molar-refractivity contribution is -0.161. The number of unbranched alkanes of at least 4 members (excludes halogenated alkanes) is 40. The van der Waals surface area contributed by atoms with Crippen molar-refractivity contribution in [1.29, 1.82) is 0 Å². The fourth-order valence-corrected chi connectivity index (χ4v) is 13.3. The SMILES string of the molecule is CC(C)CCCCCCCCCCCCCCCCCCCCC(=O)O[C@H](COC(=O)CCCCCCCCCCCCCCCC(C)C)COP(=O)(O)OCC(O)COP(=O)(O)OC[C@@H](COC(=O)CCCCCCCCCC(C)C)OC(=O)CCCCCCCCC(C)C. The van der Waals surface area contributed by atoms with Crippen LogP contribution in [0.2, 0.25) is 0 Å². The topological polar surface area (TPSA) is 237 Å². The van der Waals surface area contributed by atoms with Gasteiger partial charge in [0.25, 0.3) is 0 Å². The van der Waals surface area contributed by atoms with Crippen LogP contribution in [-0.4, -0.2) is 96.7 Å². The van der Waals surface area contributed by atoms with Crippen LogP contribution in [0.4, 0.5) is 0 Å². The number of phosphoric acid groups is 2. The van der Waals surface area contributed by atoms with Crippen molar-refractivity contribution < 1.29 is 80.2 Å². The molecule has 0 bridgehead atoms. The molecule has 96 heavy (non-hydrogen) atoms. The van der Waals surface area contributed by atoms with Crippen LogP contribution in [0.5, 0.6) is 0 Å². The third-order valence-electron chi connectivity index (χ3n) is 17.8. The zero-order chi connectivity index (χ0) is 71.0. The Kier molecular flexibility index (Phi) is 65.0. The molecule has 17 nitrogen and oxygen atoms in total. The largest absolute Gasteiger partial charge is 0.472 e. The lowest BCUT2D eigenvalue weighted by Gasteiger charge is -2.21. The average molecular weight is 1410 g/mol. The van der Waals surface area contributed by atoms with Gasteiger partial charge in [0.2, 0.25) is 0 Å². The molecule has 0 rings (SSSR count). The van der Waals surface area contributed by atoms with Crippen molar-refractivity contribution in [1.82, 2.24) is 0 Å². The van der Waals surface area contributed by atoms with Crippen LogP contribution in [0.15, 0.2) is 0 Å². The quantitative estimate of drug-likeness (QED) is 0.0222. The van der Waals surface area contributed by atoms with Gasteiger partial charge in [-0.3, -0.25) is 37.3 Å². The second-order valence-corrected chi connectivity index (χ2v) is 32.6. The first-order valence-corrected chi connectivity index (χ1v) is 42.7. The van der Waals surface area contributed by atoms with Crippen LogP contribution in [0.1, 0.15) is 389 Å². The predicted molar refractivity (Wildman–Crippen MR) is 391 cm³/mol. The van der Waals surface area contributed by atoms with Crippen molar-refractivity contribution in [3.8, 4) is 0 Å². The first-order chi connectivity index (χ1) is 46.1. The van der Waals surface area contributed by atoms with Gasteiger partial charge in [0, 0.05) is 25.7 Å². The number of aliphatic hydroxyl groups excluding tert-OH is 1. The molecule has 0 amide bonds. The Labute approximate surface area is 588 Å². The standard InChI is InChI=1S/C77H150O17P2/c1-67(2)53-45-37-29-24-20-16-13-11-9-10-12-14-18-23-27-33-43-51-59-76(81)93-72(63-87-74(79)57-49-41-32-26-22-19-15-17-21-25-30-38-46-54-68(3)4)65-91-95(83,84)89-61-71(78)62-90-96(85,86)92-66-73(94-77(82)60-52-44-36-35-40-48-56-70(7)8)64-88-75(80)58-50-42-34-28-31-39-47-55-69(5)6/h67-73,78H,9-66H2,1-8H3,(H,83,84)(H,85,86)/t71?,72-,73-/m1/s1. The molecule has 19 heteroatoms. The Bertz CT molecular complexity index is 1880.